The van der Waals surface area contributed by atoms with Crippen LogP contribution in [0.5, 0.6) is 17.2 Å². The van der Waals surface area contributed by atoms with E-state index in [2.05, 4.69) is 19.9 Å². The third-order valence-corrected chi connectivity index (χ3v) is 6.35. The average Bonchev–Trinajstić information content (AvgIpc) is 3.29. The SMILES string of the molecule is COc1cc2c(-c3c[nH]c4ccc(OSC)cc34)ncnc2cc1OCCCN1CCOCC1. The van der Waals surface area contributed by atoms with E-state index >= 15 is 0 Å². The van der Waals surface area contributed by atoms with Crippen molar-refractivity contribution in [3.8, 4) is 28.5 Å². The Bertz CT molecular complexity index is 1270. The molecule has 178 valence electrons. The molecular weight excluding hydrogens is 452 g/mol. The summed E-state index contributed by atoms with van der Waals surface area (Å²) < 4.78 is 22.8. The number of aromatic nitrogens is 3. The van der Waals surface area contributed by atoms with Gasteiger partial charge in [-0.3, -0.25) is 4.90 Å². The average molecular weight is 481 g/mol. The summed E-state index contributed by atoms with van der Waals surface area (Å²) in [6, 6.07) is 9.88. The van der Waals surface area contributed by atoms with Gasteiger partial charge in [0.25, 0.3) is 0 Å². The Morgan fingerprint density at radius 1 is 1.09 bits per heavy atom. The maximum Gasteiger partial charge on any atom is 0.163 e. The van der Waals surface area contributed by atoms with Crippen molar-refractivity contribution in [1.29, 1.82) is 0 Å². The minimum Gasteiger partial charge on any atom is -0.493 e. The molecule has 9 heteroatoms. The summed E-state index contributed by atoms with van der Waals surface area (Å²) in [7, 11) is 1.66. The zero-order chi connectivity index (χ0) is 23.3. The number of nitrogens with zero attached hydrogens (tertiary/aromatic N) is 3. The van der Waals surface area contributed by atoms with Crippen LogP contribution in [0.4, 0.5) is 0 Å². The maximum atomic E-state index is 6.10. The predicted molar refractivity (Wildman–Crippen MR) is 135 cm³/mol. The van der Waals surface area contributed by atoms with Crippen LogP contribution in [0.3, 0.4) is 0 Å². The van der Waals surface area contributed by atoms with Crippen molar-refractivity contribution in [2.24, 2.45) is 0 Å². The highest BCUT2D eigenvalue weighted by molar-refractivity contribution is 7.94. The second kappa shape index (κ2) is 10.5. The number of benzene rings is 2. The second-order valence-electron chi connectivity index (χ2n) is 8.06. The third-order valence-electron chi connectivity index (χ3n) is 5.99. The highest BCUT2D eigenvalue weighted by Gasteiger charge is 2.16. The minimum absolute atomic E-state index is 0.609. The van der Waals surface area contributed by atoms with Gasteiger partial charge in [0.1, 0.15) is 12.1 Å². The summed E-state index contributed by atoms with van der Waals surface area (Å²) >= 11 is 1.32. The van der Waals surface area contributed by atoms with Gasteiger partial charge in [0.2, 0.25) is 0 Å². The molecule has 0 aliphatic carbocycles. The zero-order valence-corrected chi connectivity index (χ0v) is 20.2. The van der Waals surface area contributed by atoms with Crippen molar-refractivity contribution in [1.82, 2.24) is 19.9 Å². The van der Waals surface area contributed by atoms with Crippen molar-refractivity contribution >= 4 is 33.8 Å². The van der Waals surface area contributed by atoms with E-state index in [9.17, 15) is 0 Å². The van der Waals surface area contributed by atoms with Gasteiger partial charge in [-0.05, 0) is 30.7 Å². The third kappa shape index (κ3) is 4.77. The van der Waals surface area contributed by atoms with Crippen LogP contribution in [-0.4, -0.2) is 72.7 Å². The van der Waals surface area contributed by atoms with Gasteiger partial charge in [0.15, 0.2) is 11.5 Å². The molecule has 8 nitrogen and oxygen atoms in total. The highest BCUT2D eigenvalue weighted by Crippen LogP contribution is 2.38. The molecule has 34 heavy (non-hydrogen) atoms. The molecule has 4 aromatic rings. The molecular formula is C25H28N4O4S. The minimum atomic E-state index is 0.609. The molecule has 0 bridgehead atoms. The lowest BCUT2D eigenvalue weighted by Gasteiger charge is -2.26. The van der Waals surface area contributed by atoms with E-state index in [-0.39, 0.29) is 0 Å². The van der Waals surface area contributed by atoms with Crippen LogP contribution in [0.15, 0.2) is 42.9 Å². The Morgan fingerprint density at radius 3 is 2.79 bits per heavy atom. The molecule has 0 amide bonds. The summed E-state index contributed by atoms with van der Waals surface area (Å²) in [6.07, 6.45) is 6.39. The van der Waals surface area contributed by atoms with Gasteiger partial charge in [-0.15, -0.1) is 0 Å². The summed E-state index contributed by atoms with van der Waals surface area (Å²) in [4.78, 5) is 14.9. The van der Waals surface area contributed by atoms with Crippen molar-refractivity contribution in [2.75, 3.05) is 52.8 Å². The first-order valence-corrected chi connectivity index (χ1v) is 12.5. The van der Waals surface area contributed by atoms with Crippen molar-refractivity contribution < 1.29 is 18.4 Å². The monoisotopic (exact) mass is 480 g/mol. The molecule has 0 atom stereocenters. The number of hydrogen-bond donors (Lipinski definition) is 1. The molecule has 1 aliphatic rings. The molecule has 0 unspecified atom stereocenters. The summed E-state index contributed by atoms with van der Waals surface area (Å²) in [5.74, 6) is 2.15. The first-order valence-electron chi connectivity index (χ1n) is 11.3. The Hall–Kier alpha value is -3.01. The second-order valence-corrected chi connectivity index (χ2v) is 8.56. The maximum absolute atomic E-state index is 6.10. The normalized spacial score (nSPS) is 14.5. The van der Waals surface area contributed by atoms with Gasteiger partial charge in [-0.25, -0.2) is 9.97 Å². The Balaban J connectivity index is 1.41. The largest absolute Gasteiger partial charge is 0.493 e. The number of fused-ring (bicyclic) bond motifs is 2. The molecule has 1 aliphatic heterocycles. The van der Waals surface area contributed by atoms with Crippen molar-refractivity contribution in [3.63, 3.8) is 0 Å². The van der Waals surface area contributed by atoms with Gasteiger partial charge >= 0.3 is 0 Å². The van der Waals surface area contributed by atoms with Crippen LogP contribution in [0.1, 0.15) is 6.42 Å². The molecule has 2 aromatic carbocycles. The number of methoxy groups -OCH3 is 1. The van der Waals surface area contributed by atoms with Gasteiger partial charge in [-0.2, -0.15) is 0 Å². The number of morpholine rings is 1. The standard InChI is InChI=1S/C25H28N4O4S/c1-30-23-13-19-22(14-24(23)32-9-3-6-29-7-10-31-11-8-29)27-16-28-25(19)20-15-26-21-5-4-17(33-34-2)12-18(20)21/h4-5,12-16,26H,3,6-11H2,1-2H3. The first-order chi connectivity index (χ1) is 16.8. The van der Waals surface area contributed by atoms with E-state index < -0.39 is 0 Å². The summed E-state index contributed by atoms with van der Waals surface area (Å²) in [5.41, 5.74) is 3.63. The number of rotatable bonds is 9. The molecule has 2 aromatic heterocycles. The fourth-order valence-corrected chi connectivity index (χ4v) is 4.59. The fraction of sp³-hybridized carbons (Fsp3) is 0.360. The van der Waals surface area contributed by atoms with Crippen LogP contribution >= 0.6 is 12.0 Å². The van der Waals surface area contributed by atoms with E-state index in [0.717, 1.165) is 78.1 Å². The summed E-state index contributed by atoms with van der Waals surface area (Å²) in [5, 5.41) is 1.94. The number of hydrogen-bond acceptors (Lipinski definition) is 8. The van der Waals surface area contributed by atoms with E-state index in [1.54, 1.807) is 13.4 Å². The molecule has 1 fully saturated rings. The lowest BCUT2D eigenvalue weighted by molar-refractivity contribution is 0.0357. The molecule has 0 radical (unpaired) electrons. The lowest BCUT2D eigenvalue weighted by Crippen LogP contribution is -2.37. The van der Waals surface area contributed by atoms with Crippen LogP contribution in [-0.2, 0) is 4.74 Å². The van der Waals surface area contributed by atoms with Crippen LogP contribution in [0.25, 0.3) is 33.1 Å². The zero-order valence-electron chi connectivity index (χ0n) is 19.4. The van der Waals surface area contributed by atoms with Crippen molar-refractivity contribution in [2.45, 2.75) is 6.42 Å². The Morgan fingerprint density at radius 2 is 1.97 bits per heavy atom. The number of nitrogens with one attached hydrogen (secondary N) is 1. The van der Waals surface area contributed by atoms with Gasteiger partial charge < -0.3 is 23.4 Å². The lowest BCUT2D eigenvalue weighted by atomic mass is 10.0. The molecule has 0 spiro atoms. The van der Waals surface area contributed by atoms with E-state index in [1.165, 1.54) is 12.0 Å². The van der Waals surface area contributed by atoms with E-state index in [0.29, 0.717) is 18.1 Å². The van der Waals surface area contributed by atoms with Crippen LogP contribution < -0.4 is 13.7 Å². The van der Waals surface area contributed by atoms with E-state index in [1.807, 2.05) is 42.8 Å². The van der Waals surface area contributed by atoms with Crippen molar-refractivity contribution in [3.05, 3.63) is 42.9 Å². The number of ether oxygens (including phenoxy) is 3. The molecule has 3 heterocycles. The fourth-order valence-electron chi connectivity index (χ4n) is 4.29. The Labute approximate surface area is 202 Å². The molecule has 1 saturated heterocycles. The van der Waals surface area contributed by atoms with Gasteiger partial charge in [-0.1, -0.05) is 0 Å². The van der Waals surface area contributed by atoms with Gasteiger partial charge in [0.05, 0.1) is 50.2 Å². The van der Waals surface area contributed by atoms with Crippen LogP contribution in [0, 0.1) is 0 Å². The smallest absolute Gasteiger partial charge is 0.163 e. The molecule has 5 rings (SSSR count). The number of H-pyrrole nitrogens is 1. The topological polar surface area (TPSA) is 81.7 Å². The van der Waals surface area contributed by atoms with Crippen LogP contribution in [0.2, 0.25) is 0 Å². The van der Waals surface area contributed by atoms with E-state index in [4.69, 9.17) is 18.4 Å². The predicted octanol–water partition coefficient (Wildman–Crippen LogP) is 4.54. The molecule has 0 saturated carbocycles. The summed E-state index contributed by atoms with van der Waals surface area (Å²) in [6.45, 7) is 5.19. The first kappa shape index (κ1) is 22.8. The number of aromatic amines is 1. The molecule has 1 N–H and O–H groups in total. The quantitative estimate of drug-likeness (QED) is 0.276. The van der Waals surface area contributed by atoms with Gasteiger partial charge in [0, 0.05) is 60.0 Å². The Kier molecular flexibility index (Phi) is 7.03. The highest BCUT2D eigenvalue weighted by atomic mass is 32.2.